The summed E-state index contributed by atoms with van der Waals surface area (Å²) >= 11 is 5.19. The van der Waals surface area contributed by atoms with E-state index in [0.717, 1.165) is 16.8 Å². The van der Waals surface area contributed by atoms with Gasteiger partial charge in [0.1, 0.15) is 6.04 Å². The third-order valence-electron chi connectivity index (χ3n) is 4.47. The Morgan fingerprint density at radius 3 is 2.80 bits per heavy atom. The average Bonchev–Trinajstić information content (AvgIpc) is 2.95. The van der Waals surface area contributed by atoms with Crippen LogP contribution in [0.2, 0.25) is 0 Å². The number of thiophene rings is 1. The zero-order valence-corrected chi connectivity index (χ0v) is 14.3. The number of rotatable bonds is 3. The zero-order valence-electron chi connectivity index (χ0n) is 11.1. The van der Waals surface area contributed by atoms with Gasteiger partial charge in [0.15, 0.2) is 0 Å². The smallest absolute Gasteiger partial charge is 0.320 e. The fraction of sp³-hybridized carbons (Fsp3) is 0.643. The molecule has 2 fully saturated rings. The summed E-state index contributed by atoms with van der Waals surface area (Å²) in [6, 6.07) is 4.35. The quantitative estimate of drug-likeness (QED) is 0.856. The topological polar surface area (TPSA) is 40.5 Å². The Kier molecular flexibility index (Phi) is 5.51. The van der Waals surface area contributed by atoms with Gasteiger partial charge in [-0.05, 0) is 53.2 Å². The molecule has 1 saturated heterocycles. The molecule has 1 aliphatic carbocycles. The highest BCUT2D eigenvalue weighted by molar-refractivity contribution is 9.11. The van der Waals surface area contributed by atoms with Gasteiger partial charge in [-0.1, -0.05) is 12.8 Å². The molecule has 0 bridgehead atoms. The number of carbonyl (C=O) groups is 1. The Hall–Kier alpha value is -0.100. The second-order valence-electron chi connectivity index (χ2n) is 5.58. The van der Waals surface area contributed by atoms with E-state index in [0.29, 0.717) is 12.0 Å². The van der Waals surface area contributed by atoms with Crippen LogP contribution in [0.5, 0.6) is 0 Å². The normalized spacial score (nSPS) is 29.8. The van der Waals surface area contributed by atoms with Gasteiger partial charge >= 0.3 is 5.97 Å². The van der Waals surface area contributed by atoms with Gasteiger partial charge in [0.25, 0.3) is 0 Å². The van der Waals surface area contributed by atoms with Gasteiger partial charge < -0.3 is 5.11 Å². The first kappa shape index (κ1) is 16.3. The van der Waals surface area contributed by atoms with Crippen molar-refractivity contribution in [1.29, 1.82) is 0 Å². The molecule has 1 saturated carbocycles. The van der Waals surface area contributed by atoms with E-state index in [2.05, 4.69) is 26.9 Å². The lowest BCUT2D eigenvalue weighted by atomic mass is 9.85. The Morgan fingerprint density at radius 1 is 1.40 bits per heavy atom. The van der Waals surface area contributed by atoms with Crippen molar-refractivity contribution in [2.75, 3.05) is 0 Å². The van der Waals surface area contributed by atoms with Gasteiger partial charge in [-0.3, -0.25) is 9.69 Å². The molecule has 0 radical (unpaired) electrons. The molecule has 1 aromatic rings. The van der Waals surface area contributed by atoms with Crippen molar-refractivity contribution < 1.29 is 9.90 Å². The molecule has 0 aromatic carbocycles. The van der Waals surface area contributed by atoms with Crippen LogP contribution < -0.4 is 0 Å². The summed E-state index contributed by atoms with van der Waals surface area (Å²) in [6.45, 7) is 0.786. The number of halogens is 2. The maximum absolute atomic E-state index is 11.5. The Balaban J connectivity index is 0.00000147. The van der Waals surface area contributed by atoms with Crippen LogP contribution in [0.4, 0.5) is 0 Å². The van der Waals surface area contributed by atoms with E-state index in [-0.39, 0.29) is 18.4 Å². The second kappa shape index (κ2) is 6.77. The van der Waals surface area contributed by atoms with E-state index in [4.69, 9.17) is 0 Å². The van der Waals surface area contributed by atoms with E-state index < -0.39 is 5.97 Å². The standard InChI is InChI=1S/C14H18BrNO2S.ClH/c15-13-6-5-10(19-13)8-16-11-4-2-1-3-9(11)7-12(16)14(17)18;/h5-6,9,11-12H,1-4,7-8H2,(H,17,18);1H. The SMILES string of the molecule is Cl.O=C(O)C1CC2CCCCC2N1Cc1ccc(Br)s1. The summed E-state index contributed by atoms with van der Waals surface area (Å²) in [6.07, 6.45) is 5.73. The van der Waals surface area contributed by atoms with Gasteiger partial charge in [-0.15, -0.1) is 23.7 Å². The molecule has 3 rings (SSSR count). The van der Waals surface area contributed by atoms with Crippen molar-refractivity contribution in [2.45, 2.75) is 50.7 Å². The van der Waals surface area contributed by atoms with Crippen LogP contribution in [0, 0.1) is 5.92 Å². The highest BCUT2D eigenvalue weighted by atomic mass is 79.9. The van der Waals surface area contributed by atoms with E-state index in [1.807, 2.05) is 6.07 Å². The minimum Gasteiger partial charge on any atom is -0.480 e. The summed E-state index contributed by atoms with van der Waals surface area (Å²) in [4.78, 5) is 15.0. The molecule has 3 nitrogen and oxygen atoms in total. The number of nitrogens with zero attached hydrogens (tertiary/aromatic N) is 1. The van der Waals surface area contributed by atoms with E-state index >= 15 is 0 Å². The monoisotopic (exact) mass is 379 g/mol. The van der Waals surface area contributed by atoms with Gasteiger partial charge in [-0.25, -0.2) is 0 Å². The highest BCUT2D eigenvalue weighted by Gasteiger charge is 2.45. The third kappa shape index (κ3) is 3.21. The van der Waals surface area contributed by atoms with Gasteiger partial charge in [-0.2, -0.15) is 0 Å². The van der Waals surface area contributed by atoms with Crippen LogP contribution >= 0.6 is 39.7 Å². The van der Waals surface area contributed by atoms with Crippen molar-refractivity contribution in [3.05, 3.63) is 20.8 Å². The minimum atomic E-state index is -0.648. The van der Waals surface area contributed by atoms with Gasteiger partial charge in [0, 0.05) is 17.5 Å². The van der Waals surface area contributed by atoms with Crippen LogP contribution in [0.1, 0.15) is 37.0 Å². The number of aliphatic carboxylic acids is 1. The molecule has 2 heterocycles. The predicted molar refractivity (Wildman–Crippen MR) is 86.6 cm³/mol. The number of fused-ring (bicyclic) bond motifs is 1. The van der Waals surface area contributed by atoms with Crippen LogP contribution in [0.25, 0.3) is 0 Å². The first-order valence-electron chi connectivity index (χ1n) is 6.88. The molecule has 3 atom stereocenters. The number of hydrogen-bond donors (Lipinski definition) is 1. The first-order valence-corrected chi connectivity index (χ1v) is 8.49. The molecule has 3 unspecified atom stereocenters. The maximum atomic E-state index is 11.5. The lowest BCUT2D eigenvalue weighted by molar-refractivity contribution is -0.142. The Morgan fingerprint density at radius 2 is 2.15 bits per heavy atom. The van der Waals surface area contributed by atoms with Crippen molar-refractivity contribution in [2.24, 2.45) is 5.92 Å². The zero-order chi connectivity index (χ0) is 13.4. The van der Waals surface area contributed by atoms with Crippen molar-refractivity contribution in [3.8, 4) is 0 Å². The minimum absolute atomic E-state index is 0. The van der Waals surface area contributed by atoms with Crippen LogP contribution in [0.3, 0.4) is 0 Å². The van der Waals surface area contributed by atoms with Crippen LogP contribution in [0.15, 0.2) is 15.9 Å². The lowest BCUT2D eigenvalue weighted by Gasteiger charge is -2.32. The molecule has 0 spiro atoms. The van der Waals surface area contributed by atoms with Gasteiger partial charge in [0.2, 0.25) is 0 Å². The van der Waals surface area contributed by atoms with E-state index in [9.17, 15) is 9.90 Å². The number of carboxylic acid groups (broad SMARTS) is 1. The molecule has 1 N–H and O–H groups in total. The van der Waals surface area contributed by atoms with E-state index in [1.54, 1.807) is 11.3 Å². The summed E-state index contributed by atoms with van der Waals surface area (Å²) < 4.78 is 1.12. The third-order valence-corrected chi connectivity index (χ3v) is 6.08. The lowest BCUT2D eigenvalue weighted by Crippen LogP contribution is -2.41. The maximum Gasteiger partial charge on any atom is 0.320 e. The summed E-state index contributed by atoms with van der Waals surface area (Å²) in [5.41, 5.74) is 0. The van der Waals surface area contributed by atoms with Gasteiger partial charge in [0.05, 0.1) is 3.79 Å². The molecule has 1 aliphatic heterocycles. The summed E-state index contributed by atoms with van der Waals surface area (Å²) in [7, 11) is 0. The fourth-order valence-electron chi connectivity index (χ4n) is 3.64. The molecule has 20 heavy (non-hydrogen) atoms. The predicted octanol–water partition coefficient (Wildman–Crippen LogP) is 4.15. The molecule has 0 amide bonds. The number of carboxylic acids is 1. The Bertz CT molecular complexity index is 481. The number of hydrogen-bond acceptors (Lipinski definition) is 3. The average molecular weight is 381 g/mol. The molecular formula is C14H19BrClNO2S. The number of likely N-dealkylation sites (tertiary alicyclic amines) is 1. The van der Waals surface area contributed by atoms with Crippen LogP contribution in [-0.4, -0.2) is 28.1 Å². The highest BCUT2D eigenvalue weighted by Crippen LogP contribution is 2.41. The van der Waals surface area contributed by atoms with E-state index in [1.165, 1.54) is 30.6 Å². The second-order valence-corrected chi connectivity index (χ2v) is 8.13. The molecule has 6 heteroatoms. The Labute approximate surface area is 137 Å². The van der Waals surface area contributed by atoms with Crippen molar-refractivity contribution >= 4 is 45.6 Å². The first-order chi connectivity index (χ1) is 9.15. The van der Waals surface area contributed by atoms with Crippen LogP contribution in [-0.2, 0) is 11.3 Å². The van der Waals surface area contributed by atoms with Crippen molar-refractivity contribution in [3.63, 3.8) is 0 Å². The molecular weight excluding hydrogens is 362 g/mol. The fourth-order valence-corrected chi connectivity index (χ4v) is 5.13. The molecule has 2 aliphatic rings. The largest absolute Gasteiger partial charge is 0.480 e. The summed E-state index contributed by atoms with van der Waals surface area (Å²) in [5.74, 6) is -0.0525. The molecule has 1 aromatic heterocycles. The summed E-state index contributed by atoms with van der Waals surface area (Å²) in [5, 5.41) is 9.47. The molecule has 112 valence electrons. The van der Waals surface area contributed by atoms with Crippen molar-refractivity contribution in [1.82, 2.24) is 4.90 Å².